The molecule has 1 saturated heterocycles. The zero-order valence-corrected chi connectivity index (χ0v) is 14.2. The normalized spacial score (nSPS) is 16.6. The summed E-state index contributed by atoms with van der Waals surface area (Å²) >= 11 is 0. The van der Waals surface area contributed by atoms with Gasteiger partial charge in [-0.15, -0.1) is 5.10 Å². The number of rotatable bonds is 6. The first-order valence-electron chi connectivity index (χ1n) is 8.39. The summed E-state index contributed by atoms with van der Waals surface area (Å²) in [6.07, 6.45) is 1.61. The second kappa shape index (κ2) is 8.17. The number of benzene rings is 1. The predicted molar refractivity (Wildman–Crippen MR) is 89.8 cm³/mol. The van der Waals surface area contributed by atoms with E-state index < -0.39 is 0 Å². The molecule has 1 aliphatic heterocycles. The van der Waals surface area contributed by atoms with Gasteiger partial charge in [0.2, 0.25) is 0 Å². The van der Waals surface area contributed by atoms with E-state index >= 15 is 0 Å². The molecule has 2 aromatic rings. The van der Waals surface area contributed by atoms with E-state index in [2.05, 4.69) is 20.5 Å². The smallest absolute Gasteiger partial charge is 0.273 e. The van der Waals surface area contributed by atoms with Crippen molar-refractivity contribution in [2.45, 2.75) is 13.0 Å². The Morgan fingerprint density at radius 1 is 1.32 bits per heavy atom. The Labute approximate surface area is 145 Å². The summed E-state index contributed by atoms with van der Waals surface area (Å²) in [6, 6.07) is 6.07. The molecule has 0 bridgehead atoms. The molecule has 2 heterocycles. The molecule has 1 fully saturated rings. The van der Waals surface area contributed by atoms with Crippen molar-refractivity contribution in [3.63, 3.8) is 0 Å². The minimum absolute atomic E-state index is 0.136. The van der Waals surface area contributed by atoms with Crippen LogP contribution in [0.25, 0.3) is 0 Å². The van der Waals surface area contributed by atoms with Gasteiger partial charge in [-0.3, -0.25) is 9.69 Å². The number of hydrogen-bond acceptors (Lipinski definition) is 5. The molecule has 0 unspecified atom stereocenters. The number of carbonyl (C=O) groups is 1. The fourth-order valence-electron chi connectivity index (χ4n) is 2.71. The van der Waals surface area contributed by atoms with E-state index in [9.17, 15) is 9.18 Å². The number of carbonyl (C=O) groups excluding carboxylic acids is 1. The molecule has 134 valence electrons. The summed E-state index contributed by atoms with van der Waals surface area (Å²) in [6.45, 7) is 6.52. The minimum atomic E-state index is -0.283. The van der Waals surface area contributed by atoms with Gasteiger partial charge in [-0.2, -0.15) is 0 Å². The standard InChI is InChI=1S/C17H22FN5O2/c1-13(14-2-4-15(18)5-3-14)23-12-16(20-21-23)17(24)19-6-7-22-8-10-25-11-9-22/h2-5,12-13H,6-11H2,1H3,(H,19,24)/t13-/m1/s1. The molecule has 1 amide bonds. The topological polar surface area (TPSA) is 72.3 Å². The number of ether oxygens (including phenoxy) is 1. The van der Waals surface area contributed by atoms with Gasteiger partial charge in [0, 0.05) is 26.2 Å². The van der Waals surface area contributed by atoms with E-state index in [-0.39, 0.29) is 23.5 Å². The third-order valence-electron chi connectivity index (χ3n) is 4.31. The monoisotopic (exact) mass is 347 g/mol. The molecule has 1 aromatic heterocycles. The van der Waals surface area contributed by atoms with E-state index in [0.29, 0.717) is 6.54 Å². The summed E-state index contributed by atoms with van der Waals surface area (Å²) in [5.41, 5.74) is 1.17. The van der Waals surface area contributed by atoms with Crippen LogP contribution in [0.15, 0.2) is 30.5 Å². The molecular weight excluding hydrogens is 325 g/mol. The molecular formula is C17H22FN5O2. The number of amides is 1. The molecule has 0 aliphatic carbocycles. The van der Waals surface area contributed by atoms with Crippen LogP contribution in [-0.4, -0.2) is 65.2 Å². The number of aromatic nitrogens is 3. The Balaban J connectivity index is 1.53. The lowest BCUT2D eigenvalue weighted by atomic mass is 10.1. The Bertz CT molecular complexity index is 697. The Morgan fingerprint density at radius 3 is 2.76 bits per heavy atom. The highest BCUT2D eigenvalue weighted by Gasteiger charge is 2.16. The average molecular weight is 347 g/mol. The quantitative estimate of drug-likeness (QED) is 0.847. The van der Waals surface area contributed by atoms with Crippen molar-refractivity contribution in [1.82, 2.24) is 25.2 Å². The van der Waals surface area contributed by atoms with E-state index in [1.807, 2.05) is 6.92 Å². The van der Waals surface area contributed by atoms with Gasteiger partial charge < -0.3 is 10.1 Å². The Hall–Kier alpha value is -2.32. The number of nitrogens with zero attached hydrogens (tertiary/aromatic N) is 4. The predicted octanol–water partition coefficient (Wildman–Crippen LogP) is 1.09. The third-order valence-corrected chi connectivity index (χ3v) is 4.31. The lowest BCUT2D eigenvalue weighted by Gasteiger charge is -2.26. The van der Waals surface area contributed by atoms with Crippen LogP contribution in [0.1, 0.15) is 29.0 Å². The number of hydrogen-bond donors (Lipinski definition) is 1. The molecule has 1 aliphatic rings. The van der Waals surface area contributed by atoms with Gasteiger partial charge in [-0.1, -0.05) is 17.3 Å². The zero-order valence-electron chi connectivity index (χ0n) is 14.2. The van der Waals surface area contributed by atoms with Crippen molar-refractivity contribution >= 4 is 5.91 Å². The number of halogens is 1. The van der Waals surface area contributed by atoms with Crippen LogP contribution in [0.2, 0.25) is 0 Å². The maximum Gasteiger partial charge on any atom is 0.273 e. The minimum Gasteiger partial charge on any atom is -0.379 e. The van der Waals surface area contributed by atoms with Crippen LogP contribution < -0.4 is 5.32 Å². The van der Waals surface area contributed by atoms with Crippen LogP contribution >= 0.6 is 0 Å². The maximum absolute atomic E-state index is 13.0. The van der Waals surface area contributed by atoms with Crippen LogP contribution in [0.3, 0.4) is 0 Å². The second-order valence-corrected chi connectivity index (χ2v) is 6.02. The first-order chi connectivity index (χ1) is 12.1. The Kier molecular flexibility index (Phi) is 5.72. The van der Waals surface area contributed by atoms with E-state index in [1.165, 1.54) is 12.1 Å². The average Bonchev–Trinajstić information content (AvgIpc) is 3.13. The second-order valence-electron chi connectivity index (χ2n) is 6.02. The van der Waals surface area contributed by atoms with Gasteiger partial charge in [0.25, 0.3) is 5.91 Å². The van der Waals surface area contributed by atoms with Crippen LogP contribution in [0.4, 0.5) is 4.39 Å². The summed E-state index contributed by atoms with van der Waals surface area (Å²) < 4.78 is 19.9. The van der Waals surface area contributed by atoms with Crippen LogP contribution in [0, 0.1) is 5.82 Å². The van der Waals surface area contributed by atoms with Crippen LogP contribution in [0.5, 0.6) is 0 Å². The molecule has 1 atom stereocenters. The molecule has 1 aromatic carbocycles. The van der Waals surface area contributed by atoms with Crippen molar-refractivity contribution in [3.05, 3.63) is 47.5 Å². The largest absolute Gasteiger partial charge is 0.379 e. The molecule has 25 heavy (non-hydrogen) atoms. The zero-order chi connectivity index (χ0) is 17.6. The summed E-state index contributed by atoms with van der Waals surface area (Å²) in [5.74, 6) is -0.527. The van der Waals surface area contributed by atoms with Gasteiger partial charge in [0.15, 0.2) is 5.69 Å². The fourth-order valence-corrected chi connectivity index (χ4v) is 2.71. The van der Waals surface area contributed by atoms with Crippen molar-refractivity contribution in [2.24, 2.45) is 0 Å². The number of morpholine rings is 1. The van der Waals surface area contributed by atoms with E-state index in [0.717, 1.165) is 38.4 Å². The molecule has 0 spiro atoms. The third kappa shape index (κ3) is 4.61. The molecule has 3 rings (SSSR count). The van der Waals surface area contributed by atoms with E-state index in [1.54, 1.807) is 23.0 Å². The summed E-state index contributed by atoms with van der Waals surface area (Å²) in [7, 11) is 0. The lowest BCUT2D eigenvalue weighted by Crippen LogP contribution is -2.41. The van der Waals surface area contributed by atoms with Crippen molar-refractivity contribution in [2.75, 3.05) is 39.4 Å². The molecule has 8 heteroatoms. The van der Waals surface area contributed by atoms with Crippen molar-refractivity contribution in [1.29, 1.82) is 0 Å². The molecule has 0 saturated carbocycles. The number of nitrogens with one attached hydrogen (secondary N) is 1. The van der Waals surface area contributed by atoms with Crippen molar-refractivity contribution in [3.8, 4) is 0 Å². The maximum atomic E-state index is 13.0. The van der Waals surface area contributed by atoms with Gasteiger partial charge in [-0.25, -0.2) is 9.07 Å². The highest BCUT2D eigenvalue weighted by atomic mass is 19.1. The van der Waals surface area contributed by atoms with Gasteiger partial charge >= 0.3 is 0 Å². The first-order valence-corrected chi connectivity index (χ1v) is 8.39. The SMILES string of the molecule is C[C@H](c1ccc(F)cc1)n1cc(C(=O)NCCN2CCOCC2)nn1. The van der Waals surface area contributed by atoms with Crippen molar-refractivity contribution < 1.29 is 13.9 Å². The summed E-state index contributed by atoms with van der Waals surface area (Å²) in [5, 5.41) is 10.8. The highest BCUT2D eigenvalue weighted by Crippen LogP contribution is 2.17. The van der Waals surface area contributed by atoms with Gasteiger partial charge in [-0.05, 0) is 24.6 Å². The van der Waals surface area contributed by atoms with Gasteiger partial charge in [0.05, 0.1) is 25.5 Å². The molecule has 0 radical (unpaired) electrons. The van der Waals surface area contributed by atoms with Gasteiger partial charge in [0.1, 0.15) is 5.82 Å². The highest BCUT2D eigenvalue weighted by molar-refractivity contribution is 5.91. The molecule has 1 N–H and O–H groups in total. The lowest BCUT2D eigenvalue weighted by molar-refractivity contribution is 0.0383. The first kappa shape index (κ1) is 17.5. The van der Waals surface area contributed by atoms with E-state index in [4.69, 9.17) is 4.74 Å². The Morgan fingerprint density at radius 2 is 2.04 bits per heavy atom. The fraction of sp³-hybridized carbons (Fsp3) is 0.471. The van der Waals surface area contributed by atoms with Crippen LogP contribution in [-0.2, 0) is 4.74 Å². The molecule has 7 nitrogen and oxygen atoms in total. The summed E-state index contributed by atoms with van der Waals surface area (Å²) in [4.78, 5) is 14.4.